The first-order valence-electron chi connectivity index (χ1n) is 6.42. The lowest BCUT2D eigenvalue weighted by Crippen LogP contribution is -2.82. The highest BCUT2D eigenvalue weighted by Crippen LogP contribution is 2.27. The summed E-state index contributed by atoms with van der Waals surface area (Å²) in [4.78, 5) is 0. The summed E-state index contributed by atoms with van der Waals surface area (Å²) in [7, 11) is 3.31. The van der Waals surface area contributed by atoms with Crippen molar-refractivity contribution in [2.45, 2.75) is 19.9 Å². The molecule has 0 unspecified atom stereocenters. The predicted octanol–water partition coefficient (Wildman–Crippen LogP) is 1.19. The van der Waals surface area contributed by atoms with Crippen LogP contribution in [0.25, 0.3) is 0 Å². The summed E-state index contributed by atoms with van der Waals surface area (Å²) in [6.07, 6.45) is 1.08. The van der Waals surface area contributed by atoms with Gasteiger partial charge in [0, 0.05) is 18.6 Å². The fourth-order valence-electron chi connectivity index (χ4n) is 1.75. The van der Waals surface area contributed by atoms with E-state index in [-0.39, 0.29) is 0 Å². The lowest BCUT2D eigenvalue weighted by molar-refractivity contribution is -0.671. The molecule has 0 atom stereocenters. The molecule has 0 aromatic heterocycles. The summed E-state index contributed by atoms with van der Waals surface area (Å²) in [6, 6.07) is 6.04. The normalized spacial score (nSPS) is 10.4. The van der Waals surface area contributed by atoms with Crippen LogP contribution in [0, 0.1) is 0 Å². The standard InChI is InChI=1S/C14H23NO3/c1-4-18-9-5-8-15-11-12-6-7-13(16-2)14(10-12)17-3/h6-7,10,15H,4-5,8-9,11H2,1-3H3/p+1. The molecule has 102 valence electrons. The van der Waals surface area contributed by atoms with Crippen molar-refractivity contribution in [2.24, 2.45) is 0 Å². The molecule has 0 aliphatic heterocycles. The molecule has 18 heavy (non-hydrogen) atoms. The zero-order chi connectivity index (χ0) is 13.2. The predicted molar refractivity (Wildman–Crippen MR) is 71.2 cm³/mol. The van der Waals surface area contributed by atoms with Crippen LogP contribution in [-0.2, 0) is 11.3 Å². The van der Waals surface area contributed by atoms with Crippen LogP contribution in [0.3, 0.4) is 0 Å². The largest absolute Gasteiger partial charge is 0.493 e. The van der Waals surface area contributed by atoms with Gasteiger partial charge in [0.1, 0.15) is 6.54 Å². The molecule has 0 bridgehead atoms. The minimum absolute atomic E-state index is 0.776. The van der Waals surface area contributed by atoms with Crippen LogP contribution in [-0.4, -0.2) is 34.0 Å². The van der Waals surface area contributed by atoms with Gasteiger partial charge in [-0.3, -0.25) is 0 Å². The fourth-order valence-corrected chi connectivity index (χ4v) is 1.75. The molecule has 0 saturated heterocycles. The molecule has 0 spiro atoms. The summed E-state index contributed by atoms with van der Waals surface area (Å²) in [5, 5.41) is 2.28. The van der Waals surface area contributed by atoms with E-state index in [1.807, 2.05) is 19.1 Å². The summed E-state index contributed by atoms with van der Waals surface area (Å²) in [6.45, 7) is 5.70. The average molecular weight is 254 g/mol. The van der Waals surface area contributed by atoms with Crippen molar-refractivity contribution >= 4 is 0 Å². The lowest BCUT2D eigenvalue weighted by atomic mass is 10.2. The maximum atomic E-state index is 5.30. The summed E-state index contributed by atoms with van der Waals surface area (Å²) in [5.41, 5.74) is 1.24. The van der Waals surface area contributed by atoms with Gasteiger partial charge in [-0.05, 0) is 25.1 Å². The third-order valence-electron chi connectivity index (χ3n) is 2.73. The van der Waals surface area contributed by atoms with Crippen molar-refractivity contribution in [3.8, 4) is 11.5 Å². The zero-order valence-electron chi connectivity index (χ0n) is 11.6. The SMILES string of the molecule is CCOCCC[NH2+]Cc1ccc(OC)c(OC)c1. The summed E-state index contributed by atoms with van der Waals surface area (Å²) >= 11 is 0. The van der Waals surface area contributed by atoms with Gasteiger partial charge in [0.2, 0.25) is 0 Å². The molecule has 2 N–H and O–H groups in total. The van der Waals surface area contributed by atoms with Gasteiger partial charge in [-0.2, -0.15) is 0 Å². The second-order valence-electron chi connectivity index (χ2n) is 4.02. The first-order chi connectivity index (χ1) is 8.81. The van der Waals surface area contributed by atoms with Gasteiger partial charge in [-0.25, -0.2) is 0 Å². The molecule has 0 aliphatic carbocycles. The van der Waals surface area contributed by atoms with Crippen molar-refractivity contribution in [3.05, 3.63) is 23.8 Å². The maximum absolute atomic E-state index is 5.30. The number of quaternary nitrogens is 1. The Bertz CT molecular complexity index is 342. The molecule has 4 nitrogen and oxygen atoms in total. The van der Waals surface area contributed by atoms with E-state index in [0.717, 1.165) is 44.2 Å². The van der Waals surface area contributed by atoms with Crippen LogP contribution in [0.4, 0.5) is 0 Å². The smallest absolute Gasteiger partial charge is 0.161 e. The Morgan fingerprint density at radius 2 is 1.89 bits per heavy atom. The molecule has 0 amide bonds. The number of hydrogen-bond acceptors (Lipinski definition) is 3. The third-order valence-corrected chi connectivity index (χ3v) is 2.73. The minimum atomic E-state index is 0.776. The van der Waals surface area contributed by atoms with Gasteiger partial charge in [0.15, 0.2) is 11.5 Å². The Morgan fingerprint density at radius 3 is 2.56 bits per heavy atom. The minimum Gasteiger partial charge on any atom is -0.493 e. The van der Waals surface area contributed by atoms with Crippen LogP contribution in [0.2, 0.25) is 0 Å². The van der Waals surface area contributed by atoms with Gasteiger partial charge in [0.25, 0.3) is 0 Å². The van der Waals surface area contributed by atoms with E-state index in [0.29, 0.717) is 0 Å². The van der Waals surface area contributed by atoms with E-state index in [4.69, 9.17) is 14.2 Å². The molecule has 0 aliphatic rings. The molecular formula is C14H24NO3+. The van der Waals surface area contributed by atoms with Gasteiger partial charge in [-0.15, -0.1) is 0 Å². The van der Waals surface area contributed by atoms with Gasteiger partial charge in [0.05, 0.1) is 27.4 Å². The van der Waals surface area contributed by atoms with E-state index >= 15 is 0 Å². The second-order valence-corrected chi connectivity index (χ2v) is 4.02. The van der Waals surface area contributed by atoms with Crippen LogP contribution in [0.1, 0.15) is 18.9 Å². The van der Waals surface area contributed by atoms with Gasteiger partial charge in [-0.1, -0.05) is 0 Å². The molecule has 1 rings (SSSR count). The molecule has 0 saturated carbocycles. The number of ether oxygens (including phenoxy) is 3. The number of methoxy groups -OCH3 is 2. The van der Waals surface area contributed by atoms with Crippen molar-refractivity contribution in [2.75, 3.05) is 34.0 Å². The quantitative estimate of drug-likeness (QED) is 0.673. The van der Waals surface area contributed by atoms with Crippen molar-refractivity contribution in [3.63, 3.8) is 0 Å². The first kappa shape index (κ1) is 14.8. The van der Waals surface area contributed by atoms with E-state index in [1.54, 1.807) is 14.2 Å². The molecule has 0 radical (unpaired) electrons. The van der Waals surface area contributed by atoms with Crippen LogP contribution < -0.4 is 14.8 Å². The van der Waals surface area contributed by atoms with Crippen molar-refractivity contribution in [1.82, 2.24) is 0 Å². The molecular weight excluding hydrogens is 230 g/mol. The molecule has 4 heteroatoms. The number of rotatable bonds is 9. The van der Waals surface area contributed by atoms with E-state index in [1.165, 1.54) is 5.56 Å². The summed E-state index contributed by atoms with van der Waals surface area (Å²) in [5.74, 6) is 1.57. The van der Waals surface area contributed by atoms with E-state index < -0.39 is 0 Å². The van der Waals surface area contributed by atoms with Crippen LogP contribution >= 0.6 is 0 Å². The Balaban J connectivity index is 2.34. The molecule has 1 aromatic rings. The molecule has 0 fully saturated rings. The van der Waals surface area contributed by atoms with Crippen molar-refractivity contribution < 1.29 is 19.5 Å². The Morgan fingerprint density at radius 1 is 1.11 bits per heavy atom. The number of hydrogen-bond donors (Lipinski definition) is 1. The highest BCUT2D eigenvalue weighted by Gasteiger charge is 2.05. The monoisotopic (exact) mass is 254 g/mol. The lowest BCUT2D eigenvalue weighted by Gasteiger charge is -2.09. The maximum Gasteiger partial charge on any atom is 0.161 e. The van der Waals surface area contributed by atoms with E-state index in [9.17, 15) is 0 Å². The molecule has 1 aromatic carbocycles. The Labute approximate surface area is 109 Å². The zero-order valence-corrected chi connectivity index (χ0v) is 11.6. The van der Waals surface area contributed by atoms with Gasteiger partial charge < -0.3 is 19.5 Å². The number of benzene rings is 1. The summed E-state index contributed by atoms with van der Waals surface area (Å²) < 4.78 is 15.8. The van der Waals surface area contributed by atoms with Gasteiger partial charge >= 0.3 is 0 Å². The third kappa shape index (κ3) is 4.94. The Kier molecular flexibility index (Phi) is 7.22. The van der Waals surface area contributed by atoms with E-state index in [2.05, 4.69) is 11.4 Å². The van der Waals surface area contributed by atoms with Crippen LogP contribution in [0.5, 0.6) is 11.5 Å². The second kappa shape index (κ2) is 8.78. The first-order valence-corrected chi connectivity index (χ1v) is 6.42. The number of nitrogens with two attached hydrogens (primary N) is 1. The topological polar surface area (TPSA) is 44.3 Å². The highest BCUT2D eigenvalue weighted by atomic mass is 16.5. The highest BCUT2D eigenvalue weighted by molar-refractivity contribution is 5.42. The average Bonchev–Trinajstić information content (AvgIpc) is 2.42. The molecule has 0 heterocycles. The van der Waals surface area contributed by atoms with Crippen molar-refractivity contribution in [1.29, 1.82) is 0 Å². The Hall–Kier alpha value is -1.26. The fraction of sp³-hybridized carbons (Fsp3) is 0.571. The van der Waals surface area contributed by atoms with Crippen LogP contribution in [0.15, 0.2) is 18.2 Å².